The van der Waals surface area contributed by atoms with Crippen LogP contribution in [0, 0.1) is 0 Å². The molecule has 0 rings (SSSR count). The van der Waals surface area contributed by atoms with Crippen LogP contribution in [0.15, 0.2) is 0 Å². The Morgan fingerprint density at radius 2 is 0.650 bits per heavy atom. The van der Waals surface area contributed by atoms with E-state index in [4.69, 9.17) is 10.5 Å². The number of unbranched alkanes of at least 4 members (excludes halogenated alkanes) is 11. The van der Waals surface area contributed by atoms with Crippen molar-refractivity contribution >= 4 is 0 Å². The molecular formula is C14H30O6. The molecule has 0 aromatic heterocycles. The molecule has 6 heteroatoms. The zero-order valence-electron chi connectivity index (χ0n) is 12.4. The summed E-state index contributed by atoms with van der Waals surface area (Å²) < 4.78 is 0. The summed E-state index contributed by atoms with van der Waals surface area (Å²) in [5, 5.41) is 22.9. The van der Waals surface area contributed by atoms with Crippen molar-refractivity contribution in [1.29, 1.82) is 0 Å². The maximum Gasteiger partial charge on any atom is 0.0853 e. The second-order valence-corrected chi connectivity index (χ2v) is 5.04. The average molecular weight is 294 g/mol. The van der Waals surface area contributed by atoms with Gasteiger partial charge in [-0.2, -0.15) is 0 Å². The highest BCUT2D eigenvalue weighted by molar-refractivity contribution is 4.48. The Morgan fingerprint density at radius 1 is 0.400 bits per heavy atom. The Bertz CT molecular complexity index is 150. The first kappa shape index (κ1) is 19.8. The fourth-order valence-corrected chi connectivity index (χ4v) is 2.16. The SMILES string of the molecule is OOOCCCCCCCCCCCCCCOOO. The summed E-state index contributed by atoms with van der Waals surface area (Å²) in [5.41, 5.74) is 0. The molecule has 0 amide bonds. The zero-order chi connectivity index (χ0) is 14.7. The zero-order valence-corrected chi connectivity index (χ0v) is 12.4. The molecule has 2 N–H and O–H groups in total. The first-order valence-electron chi connectivity index (χ1n) is 7.78. The highest BCUT2D eigenvalue weighted by atomic mass is 17.5. The van der Waals surface area contributed by atoms with Crippen molar-refractivity contribution in [2.24, 2.45) is 0 Å². The third kappa shape index (κ3) is 17.8. The normalized spacial score (nSPS) is 11.1. The van der Waals surface area contributed by atoms with Crippen molar-refractivity contribution in [2.75, 3.05) is 13.2 Å². The Balaban J connectivity index is 2.89. The van der Waals surface area contributed by atoms with Crippen molar-refractivity contribution in [1.82, 2.24) is 0 Å². The third-order valence-corrected chi connectivity index (χ3v) is 3.31. The van der Waals surface area contributed by atoms with Gasteiger partial charge < -0.3 is 0 Å². The van der Waals surface area contributed by atoms with Crippen molar-refractivity contribution in [3.05, 3.63) is 0 Å². The molecule has 0 fully saturated rings. The summed E-state index contributed by atoms with van der Waals surface area (Å²) in [5.74, 6) is 0. The molecule has 6 nitrogen and oxygen atoms in total. The Morgan fingerprint density at radius 3 is 0.900 bits per heavy atom. The minimum Gasteiger partial charge on any atom is -0.221 e. The standard InChI is InChI=1S/C14H30O6/c15-19-17-13-11-9-7-5-3-1-2-4-6-8-10-12-14-18-20-16/h15-16H,1-14H2. The number of hydrogen-bond donors (Lipinski definition) is 2. The smallest absolute Gasteiger partial charge is 0.0853 e. The number of rotatable bonds is 17. The monoisotopic (exact) mass is 294 g/mol. The van der Waals surface area contributed by atoms with Gasteiger partial charge in [0.1, 0.15) is 0 Å². The van der Waals surface area contributed by atoms with Crippen LogP contribution in [0.25, 0.3) is 0 Å². The van der Waals surface area contributed by atoms with E-state index in [1.807, 2.05) is 0 Å². The Kier molecular flexibility index (Phi) is 18.5. The van der Waals surface area contributed by atoms with E-state index in [9.17, 15) is 0 Å². The molecule has 122 valence electrons. The topological polar surface area (TPSA) is 77.4 Å². The molecule has 0 atom stereocenters. The summed E-state index contributed by atoms with van der Waals surface area (Å²) >= 11 is 0. The van der Waals surface area contributed by atoms with Crippen LogP contribution in [-0.4, -0.2) is 23.7 Å². The highest BCUT2D eigenvalue weighted by Crippen LogP contribution is 2.12. The number of hydrogen-bond acceptors (Lipinski definition) is 6. The molecule has 0 unspecified atom stereocenters. The maximum atomic E-state index is 7.94. The molecule has 0 spiro atoms. The largest absolute Gasteiger partial charge is 0.221 e. The van der Waals surface area contributed by atoms with Gasteiger partial charge in [-0.1, -0.05) is 74.3 Å². The molecule has 20 heavy (non-hydrogen) atoms. The van der Waals surface area contributed by atoms with E-state index in [1.165, 1.54) is 51.4 Å². The van der Waals surface area contributed by atoms with Crippen LogP contribution < -0.4 is 0 Å². The summed E-state index contributed by atoms with van der Waals surface area (Å²) in [6.07, 6.45) is 14.4. The second-order valence-electron chi connectivity index (χ2n) is 5.04. The minimum absolute atomic E-state index is 0.464. The lowest BCUT2D eigenvalue weighted by Gasteiger charge is -2.03. The Hall–Kier alpha value is -0.240. The van der Waals surface area contributed by atoms with Gasteiger partial charge in [0.05, 0.1) is 13.2 Å². The maximum absolute atomic E-state index is 7.94. The van der Waals surface area contributed by atoms with Gasteiger partial charge in [-0.05, 0) is 12.8 Å². The van der Waals surface area contributed by atoms with Crippen LogP contribution in [-0.2, 0) is 19.9 Å². The van der Waals surface area contributed by atoms with E-state index in [2.05, 4.69) is 19.9 Å². The van der Waals surface area contributed by atoms with Crippen LogP contribution in [0.1, 0.15) is 77.0 Å². The van der Waals surface area contributed by atoms with Crippen LogP contribution >= 0.6 is 0 Å². The van der Waals surface area contributed by atoms with E-state index < -0.39 is 0 Å². The summed E-state index contributed by atoms with van der Waals surface area (Å²) in [7, 11) is 0. The molecule has 0 saturated heterocycles. The second kappa shape index (κ2) is 18.8. The highest BCUT2D eigenvalue weighted by Gasteiger charge is 1.94. The predicted molar refractivity (Wildman–Crippen MR) is 74.7 cm³/mol. The van der Waals surface area contributed by atoms with Gasteiger partial charge in [-0.3, -0.25) is 0 Å². The molecule has 0 aliphatic heterocycles. The first-order chi connectivity index (χ1) is 9.91. The van der Waals surface area contributed by atoms with Crippen molar-refractivity contribution < 1.29 is 30.4 Å². The Labute approximate surface area is 121 Å². The molecular weight excluding hydrogens is 264 g/mol. The van der Waals surface area contributed by atoms with Gasteiger partial charge in [0.25, 0.3) is 0 Å². The van der Waals surface area contributed by atoms with E-state index in [1.54, 1.807) is 0 Å². The minimum atomic E-state index is 0.464. The molecule has 0 bridgehead atoms. The quantitative estimate of drug-likeness (QED) is 0.233. The van der Waals surface area contributed by atoms with E-state index >= 15 is 0 Å². The fraction of sp³-hybridized carbons (Fsp3) is 1.00. The van der Waals surface area contributed by atoms with Crippen LogP contribution in [0.5, 0.6) is 0 Å². The van der Waals surface area contributed by atoms with E-state index in [0.29, 0.717) is 13.2 Å². The van der Waals surface area contributed by atoms with Gasteiger partial charge in [0.2, 0.25) is 0 Å². The molecule has 0 aromatic carbocycles. The van der Waals surface area contributed by atoms with Gasteiger partial charge >= 0.3 is 0 Å². The predicted octanol–water partition coefficient (Wildman–Crippen LogP) is 4.51. The third-order valence-electron chi connectivity index (χ3n) is 3.31. The summed E-state index contributed by atoms with van der Waals surface area (Å²) in [6.45, 7) is 0.929. The van der Waals surface area contributed by atoms with E-state index in [0.717, 1.165) is 25.7 Å². The van der Waals surface area contributed by atoms with Crippen LogP contribution in [0.4, 0.5) is 0 Å². The molecule has 0 aliphatic carbocycles. The molecule has 0 radical (unpaired) electrons. The van der Waals surface area contributed by atoms with Crippen molar-refractivity contribution in [2.45, 2.75) is 77.0 Å². The fourth-order valence-electron chi connectivity index (χ4n) is 2.16. The van der Waals surface area contributed by atoms with Crippen LogP contribution in [0.3, 0.4) is 0 Å². The van der Waals surface area contributed by atoms with Crippen LogP contribution in [0.2, 0.25) is 0 Å². The van der Waals surface area contributed by atoms with Gasteiger partial charge in [0, 0.05) is 0 Å². The van der Waals surface area contributed by atoms with Gasteiger partial charge in [0.15, 0.2) is 0 Å². The molecule has 0 aromatic rings. The van der Waals surface area contributed by atoms with E-state index in [-0.39, 0.29) is 0 Å². The van der Waals surface area contributed by atoms with Gasteiger partial charge in [-0.15, -0.1) is 0 Å². The average Bonchev–Trinajstić information content (AvgIpc) is 2.47. The van der Waals surface area contributed by atoms with Crippen molar-refractivity contribution in [3.63, 3.8) is 0 Å². The lowest BCUT2D eigenvalue weighted by molar-refractivity contribution is -0.490. The van der Waals surface area contributed by atoms with Crippen molar-refractivity contribution in [3.8, 4) is 0 Å². The summed E-state index contributed by atoms with van der Waals surface area (Å²) in [6, 6.07) is 0. The molecule has 0 aliphatic rings. The first-order valence-corrected chi connectivity index (χ1v) is 7.78. The van der Waals surface area contributed by atoms with Gasteiger partial charge in [-0.25, -0.2) is 20.3 Å². The molecule has 0 heterocycles. The lowest BCUT2D eigenvalue weighted by atomic mass is 10.1. The molecule has 0 saturated carbocycles. The summed E-state index contributed by atoms with van der Waals surface area (Å²) in [4.78, 5) is 8.75. The lowest BCUT2D eigenvalue weighted by Crippen LogP contribution is -1.93.